The van der Waals surface area contributed by atoms with Gasteiger partial charge in [-0.25, -0.2) is 0 Å². The highest BCUT2D eigenvalue weighted by molar-refractivity contribution is 6.10. The van der Waals surface area contributed by atoms with Crippen molar-refractivity contribution >= 4 is 17.5 Å². The fraction of sp³-hybridized carbons (Fsp3) is 0.565. The van der Waals surface area contributed by atoms with Gasteiger partial charge in [0.15, 0.2) is 0 Å². The maximum Gasteiger partial charge on any atom is 0.251 e. The molecule has 0 bridgehead atoms. The van der Waals surface area contributed by atoms with Gasteiger partial charge in [0, 0.05) is 23.3 Å². The lowest BCUT2D eigenvalue weighted by Crippen LogP contribution is -2.54. The van der Waals surface area contributed by atoms with Gasteiger partial charge in [0.1, 0.15) is 12.2 Å². The van der Waals surface area contributed by atoms with Crippen LogP contribution in [0.25, 0.3) is 0 Å². The molecule has 2 saturated heterocycles. The summed E-state index contributed by atoms with van der Waals surface area (Å²) >= 11 is 0. The van der Waals surface area contributed by atoms with Crippen molar-refractivity contribution in [2.24, 2.45) is 5.41 Å². The minimum atomic E-state index is -0.669. The van der Waals surface area contributed by atoms with Gasteiger partial charge in [0.2, 0.25) is 5.91 Å². The van der Waals surface area contributed by atoms with Crippen LogP contribution in [0.2, 0.25) is 0 Å². The van der Waals surface area contributed by atoms with Crippen LogP contribution in [-0.4, -0.2) is 45.9 Å². The highest BCUT2D eigenvalue weighted by Gasteiger charge is 2.73. The Bertz CT molecular complexity index is 890. The van der Waals surface area contributed by atoms with Crippen LogP contribution in [0.15, 0.2) is 35.9 Å². The number of anilines is 1. The molecule has 3 aliphatic heterocycles. The van der Waals surface area contributed by atoms with E-state index in [2.05, 4.69) is 59.0 Å². The van der Waals surface area contributed by atoms with Gasteiger partial charge in [-0.3, -0.25) is 9.59 Å². The molecule has 2 amide bonds. The molecule has 0 radical (unpaired) electrons. The van der Waals surface area contributed by atoms with Gasteiger partial charge in [0.25, 0.3) is 5.91 Å². The van der Waals surface area contributed by atoms with E-state index in [4.69, 9.17) is 0 Å². The molecule has 3 atom stereocenters. The summed E-state index contributed by atoms with van der Waals surface area (Å²) < 4.78 is 0. The van der Waals surface area contributed by atoms with Crippen LogP contribution in [-0.2, 0) is 15.0 Å². The van der Waals surface area contributed by atoms with Crippen molar-refractivity contribution in [1.29, 1.82) is 0 Å². The van der Waals surface area contributed by atoms with Crippen LogP contribution >= 0.6 is 0 Å². The number of carbonyl (C=O) groups excluding carboxylic acids is 2. The first kappa shape index (κ1) is 19.0. The van der Waals surface area contributed by atoms with Gasteiger partial charge in [-0.2, -0.15) is 0 Å². The van der Waals surface area contributed by atoms with Gasteiger partial charge >= 0.3 is 0 Å². The Hall–Kier alpha value is -2.30. The zero-order chi connectivity index (χ0) is 20.6. The van der Waals surface area contributed by atoms with Crippen LogP contribution in [0, 0.1) is 5.41 Å². The molecule has 1 aromatic rings. The maximum atomic E-state index is 13.8. The Morgan fingerprint density at radius 2 is 1.75 bits per heavy atom. The second-order valence-corrected chi connectivity index (χ2v) is 10.4. The number of hydrogen-bond donors (Lipinski definition) is 1. The fourth-order valence-corrected chi connectivity index (χ4v) is 5.42. The molecule has 4 rings (SSSR count). The van der Waals surface area contributed by atoms with Crippen molar-refractivity contribution in [2.75, 3.05) is 11.9 Å². The van der Waals surface area contributed by atoms with E-state index in [-0.39, 0.29) is 28.9 Å². The van der Waals surface area contributed by atoms with Gasteiger partial charge < -0.3 is 15.1 Å². The van der Waals surface area contributed by atoms with Crippen molar-refractivity contribution in [3.05, 3.63) is 41.5 Å². The molecule has 1 N–H and O–H groups in total. The molecule has 28 heavy (non-hydrogen) atoms. The smallest absolute Gasteiger partial charge is 0.251 e. The van der Waals surface area contributed by atoms with E-state index in [9.17, 15) is 9.59 Å². The molecular weight excluding hydrogens is 350 g/mol. The molecule has 3 aliphatic rings. The summed E-state index contributed by atoms with van der Waals surface area (Å²) in [5, 5.41) is 3.60. The average Bonchev–Trinajstić information content (AvgIpc) is 3.09. The Morgan fingerprint density at radius 1 is 1.11 bits per heavy atom. The topological polar surface area (TPSA) is 52.7 Å². The first-order valence-corrected chi connectivity index (χ1v) is 10.1. The third-order valence-corrected chi connectivity index (χ3v) is 6.16. The predicted molar refractivity (Wildman–Crippen MR) is 111 cm³/mol. The van der Waals surface area contributed by atoms with Crippen molar-refractivity contribution < 1.29 is 9.59 Å². The van der Waals surface area contributed by atoms with Crippen molar-refractivity contribution in [3.63, 3.8) is 0 Å². The summed E-state index contributed by atoms with van der Waals surface area (Å²) in [4.78, 5) is 31.2. The number of rotatable bonds is 1. The molecule has 3 heterocycles. The van der Waals surface area contributed by atoms with E-state index in [1.807, 2.05) is 34.9 Å². The molecule has 0 saturated carbocycles. The molecule has 0 aromatic heterocycles. The second-order valence-electron chi connectivity index (χ2n) is 10.4. The van der Waals surface area contributed by atoms with E-state index in [0.29, 0.717) is 6.54 Å². The number of nitrogens with zero attached hydrogens (tertiary/aromatic N) is 2. The van der Waals surface area contributed by atoms with Gasteiger partial charge in [-0.15, -0.1) is 0 Å². The number of amides is 2. The summed E-state index contributed by atoms with van der Waals surface area (Å²) in [6, 6.07) is 7.62. The Morgan fingerprint density at radius 3 is 2.32 bits per heavy atom. The number of likely N-dealkylation sites (tertiary alicyclic amines) is 2. The highest BCUT2D eigenvalue weighted by atomic mass is 16.2. The molecule has 0 aliphatic carbocycles. The third-order valence-electron chi connectivity index (χ3n) is 6.16. The van der Waals surface area contributed by atoms with E-state index >= 15 is 0 Å². The first-order chi connectivity index (χ1) is 12.9. The van der Waals surface area contributed by atoms with Crippen LogP contribution in [0.4, 0.5) is 5.69 Å². The van der Waals surface area contributed by atoms with Crippen LogP contribution < -0.4 is 5.32 Å². The first-order valence-electron chi connectivity index (χ1n) is 10.1. The van der Waals surface area contributed by atoms with E-state index in [0.717, 1.165) is 16.8 Å². The average molecular weight is 382 g/mol. The monoisotopic (exact) mass is 381 g/mol. The minimum absolute atomic E-state index is 0.00663. The largest absolute Gasteiger partial charge is 0.364 e. The highest BCUT2D eigenvalue weighted by Crippen LogP contribution is 2.60. The number of para-hydroxylation sites is 1. The Labute approximate surface area is 167 Å². The number of allylic oxidation sites excluding steroid dienone is 1. The van der Waals surface area contributed by atoms with E-state index < -0.39 is 11.5 Å². The van der Waals surface area contributed by atoms with E-state index in [1.165, 1.54) is 0 Å². The van der Waals surface area contributed by atoms with Crippen molar-refractivity contribution in [1.82, 2.24) is 9.80 Å². The summed E-state index contributed by atoms with van der Waals surface area (Å²) in [6.07, 6.45) is 1.66. The van der Waals surface area contributed by atoms with Crippen LogP contribution in [0.1, 0.15) is 54.0 Å². The molecule has 5 heteroatoms. The number of nitrogens with one attached hydrogen (secondary N) is 1. The van der Waals surface area contributed by atoms with Gasteiger partial charge in [-0.1, -0.05) is 45.0 Å². The Kier molecular flexibility index (Phi) is 3.82. The normalized spacial score (nSPS) is 30.6. The summed E-state index contributed by atoms with van der Waals surface area (Å²) in [6.45, 7) is 15.0. The minimum Gasteiger partial charge on any atom is -0.364 e. The number of hydrogen-bond acceptors (Lipinski definition) is 3. The quantitative estimate of drug-likeness (QED) is 0.758. The molecule has 150 valence electrons. The zero-order valence-corrected chi connectivity index (χ0v) is 18.0. The van der Waals surface area contributed by atoms with Crippen LogP contribution in [0.5, 0.6) is 0 Å². The van der Waals surface area contributed by atoms with Gasteiger partial charge in [-0.05, 0) is 44.7 Å². The molecule has 0 unspecified atom stereocenters. The number of carbonyl (C=O) groups is 2. The second kappa shape index (κ2) is 5.62. The summed E-state index contributed by atoms with van der Waals surface area (Å²) in [5.74, 6) is 0.0294. The molecule has 5 nitrogen and oxygen atoms in total. The lowest BCUT2D eigenvalue weighted by Gasteiger charge is -2.39. The van der Waals surface area contributed by atoms with E-state index in [1.54, 1.807) is 0 Å². The van der Waals surface area contributed by atoms with Gasteiger partial charge in [0.05, 0.1) is 5.41 Å². The summed E-state index contributed by atoms with van der Waals surface area (Å²) in [5.41, 5.74) is 1.69. The van der Waals surface area contributed by atoms with Crippen molar-refractivity contribution in [2.45, 2.75) is 71.6 Å². The maximum absolute atomic E-state index is 13.8. The molecular formula is C23H31N3O2. The molecule has 2 fully saturated rings. The summed E-state index contributed by atoms with van der Waals surface area (Å²) in [7, 11) is 0. The van der Waals surface area contributed by atoms with Crippen LogP contribution in [0.3, 0.4) is 0 Å². The Balaban J connectivity index is 2.00. The zero-order valence-electron chi connectivity index (χ0n) is 18.0. The molecule has 1 aromatic carbocycles. The fourth-order valence-electron chi connectivity index (χ4n) is 5.42. The lowest BCUT2D eigenvalue weighted by atomic mass is 9.72. The SMILES string of the molecule is C/C=C1/C(=O)N(CC(C)(C)C)[C@H]2C(=O)N(C(C)(C)C)[C@@H]3Nc4ccccc4[C@]123. The standard InChI is InChI=1S/C23H31N3O2/c1-8-14-18(27)25(13-21(2,3)4)17-19(28)26(22(5,6)7)20-23(14,17)15-11-9-10-12-16(15)24-20/h8-12,17,20,24H,13H2,1-7H3/b14-8-/t17-,20-,23+/m0/s1. The number of fused-ring (bicyclic) bond motifs is 1. The lowest BCUT2D eigenvalue weighted by molar-refractivity contribution is -0.142. The predicted octanol–water partition coefficient (Wildman–Crippen LogP) is 3.52. The van der Waals surface area contributed by atoms with Crippen molar-refractivity contribution in [3.8, 4) is 0 Å². The number of benzene rings is 1. The third kappa shape index (κ3) is 2.25. The molecule has 1 spiro atoms.